The minimum absolute atomic E-state index is 0.0562. The minimum Gasteiger partial charge on any atom is -0.431 e. The van der Waals surface area contributed by atoms with Crippen LogP contribution >= 0.6 is 11.8 Å². The van der Waals surface area contributed by atoms with E-state index >= 15 is 0 Å². The largest absolute Gasteiger partial charge is 0.431 e. The summed E-state index contributed by atoms with van der Waals surface area (Å²) in [7, 11) is 1.60. The molecule has 1 heterocycles. The molecule has 0 aliphatic carbocycles. The Bertz CT molecular complexity index is 494. The number of amides is 1. The average molecular weight is 266 g/mol. The number of aromatic nitrogens is 1. The zero-order chi connectivity index (χ0) is 12.8. The van der Waals surface area contributed by atoms with E-state index in [9.17, 15) is 4.79 Å². The van der Waals surface area contributed by atoms with Crippen LogP contribution in [-0.2, 0) is 9.53 Å². The third kappa shape index (κ3) is 3.48. The van der Waals surface area contributed by atoms with Crippen molar-refractivity contribution in [2.75, 3.05) is 26.0 Å². The predicted molar refractivity (Wildman–Crippen MR) is 69.6 cm³/mol. The van der Waals surface area contributed by atoms with Crippen LogP contribution in [0, 0.1) is 0 Å². The van der Waals surface area contributed by atoms with E-state index in [1.54, 1.807) is 7.11 Å². The summed E-state index contributed by atoms with van der Waals surface area (Å²) in [6.45, 7) is 1.03. The van der Waals surface area contributed by atoms with Crippen molar-refractivity contribution in [3.05, 3.63) is 24.3 Å². The van der Waals surface area contributed by atoms with E-state index < -0.39 is 0 Å². The second kappa shape index (κ2) is 6.42. The standard InChI is InChI=1S/C12H14N2O3S/c1-16-7-6-13-11(15)8-18-12-14-9-4-2-3-5-10(9)17-12/h2-5H,6-8H2,1H3,(H,13,15). The minimum atomic E-state index is -0.0562. The molecular formula is C12H14N2O3S. The van der Waals surface area contributed by atoms with Crippen LogP contribution in [0.1, 0.15) is 0 Å². The van der Waals surface area contributed by atoms with E-state index in [0.29, 0.717) is 18.4 Å². The Balaban J connectivity index is 1.84. The van der Waals surface area contributed by atoms with Crippen LogP contribution in [0.3, 0.4) is 0 Å². The van der Waals surface area contributed by atoms with Crippen LogP contribution < -0.4 is 5.32 Å². The number of methoxy groups -OCH3 is 1. The summed E-state index contributed by atoms with van der Waals surface area (Å²) in [5.74, 6) is 0.232. The van der Waals surface area contributed by atoms with Crippen LogP contribution in [0.15, 0.2) is 33.9 Å². The lowest BCUT2D eigenvalue weighted by molar-refractivity contribution is -0.118. The molecule has 0 bridgehead atoms. The Hall–Kier alpha value is -1.53. The number of hydrogen-bond donors (Lipinski definition) is 1. The van der Waals surface area contributed by atoms with Gasteiger partial charge in [-0.05, 0) is 12.1 Å². The third-order valence-corrected chi connectivity index (χ3v) is 3.06. The van der Waals surface area contributed by atoms with Crippen LogP contribution in [0.25, 0.3) is 11.1 Å². The van der Waals surface area contributed by atoms with Crippen molar-refractivity contribution in [3.63, 3.8) is 0 Å². The normalized spacial score (nSPS) is 10.7. The fourth-order valence-electron chi connectivity index (χ4n) is 1.38. The number of nitrogens with zero attached hydrogens (tertiary/aromatic N) is 1. The molecule has 0 spiro atoms. The van der Waals surface area contributed by atoms with Crippen molar-refractivity contribution in [1.29, 1.82) is 0 Å². The Morgan fingerprint density at radius 3 is 3.11 bits per heavy atom. The number of para-hydroxylation sites is 2. The molecule has 0 saturated carbocycles. The molecule has 0 radical (unpaired) electrons. The summed E-state index contributed by atoms with van der Waals surface area (Å²) in [5, 5.41) is 3.25. The van der Waals surface area contributed by atoms with Crippen molar-refractivity contribution in [2.24, 2.45) is 0 Å². The smallest absolute Gasteiger partial charge is 0.257 e. The molecule has 0 aliphatic rings. The first-order valence-corrected chi connectivity index (χ1v) is 6.52. The molecule has 0 aliphatic heterocycles. The van der Waals surface area contributed by atoms with Gasteiger partial charge in [-0.15, -0.1) is 0 Å². The molecular weight excluding hydrogens is 252 g/mol. The van der Waals surface area contributed by atoms with Gasteiger partial charge in [-0.25, -0.2) is 4.98 Å². The first kappa shape index (κ1) is 12.9. The molecule has 0 atom stereocenters. The van der Waals surface area contributed by atoms with E-state index in [2.05, 4.69) is 10.3 Å². The van der Waals surface area contributed by atoms with Gasteiger partial charge < -0.3 is 14.5 Å². The highest BCUT2D eigenvalue weighted by Gasteiger charge is 2.08. The Morgan fingerprint density at radius 2 is 2.33 bits per heavy atom. The predicted octanol–water partition coefficient (Wildman–Crippen LogP) is 1.68. The Kier molecular flexibility index (Phi) is 4.60. The van der Waals surface area contributed by atoms with Gasteiger partial charge in [0.2, 0.25) is 5.91 Å². The molecule has 0 unspecified atom stereocenters. The van der Waals surface area contributed by atoms with Crippen molar-refractivity contribution in [1.82, 2.24) is 10.3 Å². The lowest BCUT2D eigenvalue weighted by Crippen LogP contribution is -2.28. The van der Waals surface area contributed by atoms with Crippen LogP contribution in [0.2, 0.25) is 0 Å². The van der Waals surface area contributed by atoms with E-state index in [1.165, 1.54) is 11.8 Å². The lowest BCUT2D eigenvalue weighted by atomic mass is 10.3. The van der Waals surface area contributed by atoms with Crippen molar-refractivity contribution in [2.45, 2.75) is 5.22 Å². The fraction of sp³-hybridized carbons (Fsp3) is 0.333. The molecule has 0 fully saturated rings. The summed E-state index contributed by atoms with van der Waals surface area (Å²) >= 11 is 1.28. The number of rotatable bonds is 6. The quantitative estimate of drug-likeness (QED) is 0.636. The van der Waals surface area contributed by atoms with E-state index in [-0.39, 0.29) is 11.7 Å². The second-order valence-electron chi connectivity index (χ2n) is 3.58. The average Bonchev–Trinajstić information content (AvgIpc) is 2.79. The number of hydrogen-bond acceptors (Lipinski definition) is 5. The van der Waals surface area contributed by atoms with Gasteiger partial charge in [-0.2, -0.15) is 0 Å². The van der Waals surface area contributed by atoms with E-state index in [4.69, 9.17) is 9.15 Å². The molecule has 2 aromatic rings. The molecule has 5 nitrogen and oxygen atoms in total. The highest BCUT2D eigenvalue weighted by atomic mass is 32.2. The summed E-state index contributed by atoms with van der Waals surface area (Å²) in [4.78, 5) is 15.7. The van der Waals surface area contributed by atoms with Gasteiger partial charge in [0.25, 0.3) is 5.22 Å². The van der Waals surface area contributed by atoms with Gasteiger partial charge >= 0.3 is 0 Å². The number of carbonyl (C=O) groups excluding carboxylic acids is 1. The number of ether oxygens (including phenoxy) is 1. The van der Waals surface area contributed by atoms with Crippen molar-refractivity contribution >= 4 is 28.8 Å². The number of nitrogens with one attached hydrogen (secondary N) is 1. The molecule has 18 heavy (non-hydrogen) atoms. The third-order valence-electron chi connectivity index (χ3n) is 2.23. The zero-order valence-electron chi connectivity index (χ0n) is 10.0. The van der Waals surface area contributed by atoms with Gasteiger partial charge in [0.05, 0.1) is 12.4 Å². The number of benzene rings is 1. The molecule has 6 heteroatoms. The Morgan fingerprint density at radius 1 is 1.50 bits per heavy atom. The van der Waals surface area contributed by atoms with Crippen LogP contribution in [0.5, 0.6) is 0 Å². The number of fused-ring (bicyclic) bond motifs is 1. The van der Waals surface area contributed by atoms with Gasteiger partial charge in [-0.1, -0.05) is 23.9 Å². The second-order valence-corrected chi connectivity index (χ2v) is 4.51. The maximum atomic E-state index is 11.4. The number of thioether (sulfide) groups is 1. The first-order chi connectivity index (χ1) is 8.79. The molecule has 96 valence electrons. The summed E-state index contributed by atoms with van der Waals surface area (Å²) in [6.07, 6.45) is 0. The highest BCUT2D eigenvalue weighted by molar-refractivity contribution is 7.99. The van der Waals surface area contributed by atoms with Crippen molar-refractivity contribution in [3.8, 4) is 0 Å². The fourth-order valence-corrected chi connectivity index (χ4v) is 2.05. The lowest BCUT2D eigenvalue weighted by Gasteiger charge is -2.02. The SMILES string of the molecule is COCCNC(=O)CSc1nc2ccccc2o1. The monoisotopic (exact) mass is 266 g/mol. The molecule has 2 rings (SSSR count). The zero-order valence-corrected chi connectivity index (χ0v) is 10.8. The number of carbonyl (C=O) groups is 1. The van der Waals surface area contributed by atoms with E-state index in [1.807, 2.05) is 24.3 Å². The maximum Gasteiger partial charge on any atom is 0.257 e. The Labute approximate surface area is 109 Å². The van der Waals surface area contributed by atoms with Gasteiger partial charge in [0.15, 0.2) is 5.58 Å². The van der Waals surface area contributed by atoms with Gasteiger partial charge in [0.1, 0.15) is 5.52 Å². The molecule has 1 aromatic carbocycles. The van der Waals surface area contributed by atoms with E-state index in [0.717, 1.165) is 11.1 Å². The number of oxazole rings is 1. The van der Waals surface area contributed by atoms with Gasteiger partial charge in [0, 0.05) is 13.7 Å². The summed E-state index contributed by atoms with van der Waals surface area (Å²) < 4.78 is 10.3. The van der Waals surface area contributed by atoms with Crippen molar-refractivity contribution < 1.29 is 13.9 Å². The van der Waals surface area contributed by atoms with Crippen LogP contribution in [-0.4, -0.2) is 36.9 Å². The van der Waals surface area contributed by atoms with Crippen LogP contribution in [0.4, 0.5) is 0 Å². The highest BCUT2D eigenvalue weighted by Crippen LogP contribution is 2.22. The van der Waals surface area contributed by atoms with Gasteiger partial charge in [-0.3, -0.25) is 4.79 Å². The maximum absolute atomic E-state index is 11.4. The summed E-state index contributed by atoms with van der Waals surface area (Å²) in [6, 6.07) is 7.52. The molecule has 1 amide bonds. The summed E-state index contributed by atoms with van der Waals surface area (Å²) in [5.41, 5.74) is 1.54. The topological polar surface area (TPSA) is 64.4 Å². The molecule has 1 N–H and O–H groups in total. The first-order valence-electron chi connectivity index (χ1n) is 5.53. The molecule has 0 saturated heterocycles. The molecule has 1 aromatic heterocycles.